The lowest BCUT2D eigenvalue weighted by Crippen LogP contribution is -2.27. The molecule has 0 atom stereocenters. The average Bonchev–Trinajstić information content (AvgIpc) is 2.97. The van der Waals surface area contributed by atoms with E-state index >= 15 is 0 Å². The van der Waals surface area contributed by atoms with Crippen LogP contribution in [0.5, 0.6) is 0 Å². The Morgan fingerprint density at radius 2 is 2.19 bits per heavy atom. The van der Waals surface area contributed by atoms with Gasteiger partial charge in [0.05, 0.1) is 6.54 Å². The van der Waals surface area contributed by atoms with Crippen LogP contribution in [0.3, 0.4) is 0 Å². The van der Waals surface area contributed by atoms with Gasteiger partial charge in [0.15, 0.2) is 0 Å². The number of hydrogen-bond acceptors (Lipinski definition) is 5. The number of carboxylic acid groups (broad SMARTS) is 1. The number of pyridine rings is 1. The molecule has 0 radical (unpaired) electrons. The summed E-state index contributed by atoms with van der Waals surface area (Å²) < 4.78 is 0. The lowest BCUT2D eigenvalue weighted by atomic mass is 10.2. The van der Waals surface area contributed by atoms with E-state index in [2.05, 4.69) is 20.2 Å². The number of H-pyrrole nitrogens is 1. The van der Waals surface area contributed by atoms with Gasteiger partial charge in [0.2, 0.25) is 0 Å². The van der Waals surface area contributed by atoms with Gasteiger partial charge < -0.3 is 10.0 Å². The summed E-state index contributed by atoms with van der Waals surface area (Å²) in [6.07, 6.45) is 5.22. The minimum absolute atomic E-state index is 0.264. The van der Waals surface area contributed by atoms with Crippen molar-refractivity contribution in [2.45, 2.75) is 6.54 Å². The molecule has 0 aliphatic carbocycles. The third-order valence-corrected chi connectivity index (χ3v) is 2.62. The predicted molar refractivity (Wildman–Crippen MR) is 73.1 cm³/mol. The quantitative estimate of drug-likeness (QED) is 0.777. The summed E-state index contributed by atoms with van der Waals surface area (Å²) in [6, 6.07) is 3.17. The SMILES string of the molecule is CN(Cc1ncn[nH]1)C(=O)c1ccc(C=CC(=O)O)cn1. The van der Waals surface area contributed by atoms with Gasteiger partial charge in [-0.05, 0) is 17.7 Å². The van der Waals surface area contributed by atoms with E-state index in [1.54, 1.807) is 19.2 Å². The van der Waals surface area contributed by atoms with Crippen molar-refractivity contribution in [2.24, 2.45) is 0 Å². The number of amides is 1. The van der Waals surface area contributed by atoms with Crippen LogP contribution in [-0.2, 0) is 11.3 Å². The molecule has 21 heavy (non-hydrogen) atoms. The van der Waals surface area contributed by atoms with Crippen LogP contribution in [0.25, 0.3) is 6.08 Å². The fourth-order valence-corrected chi connectivity index (χ4v) is 1.60. The van der Waals surface area contributed by atoms with E-state index < -0.39 is 5.97 Å². The maximum absolute atomic E-state index is 12.1. The zero-order chi connectivity index (χ0) is 15.2. The van der Waals surface area contributed by atoms with E-state index in [0.29, 0.717) is 17.9 Å². The Morgan fingerprint density at radius 3 is 2.76 bits per heavy atom. The Morgan fingerprint density at radius 1 is 1.38 bits per heavy atom. The van der Waals surface area contributed by atoms with Crippen LogP contribution in [0.15, 0.2) is 30.7 Å². The van der Waals surface area contributed by atoms with Gasteiger partial charge in [0, 0.05) is 19.3 Å². The van der Waals surface area contributed by atoms with Gasteiger partial charge in [-0.1, -0.05) is 6.07 Å². The summed E-state index contributed by atoms with van der Waals surface area (Å²) in [4.78, 5) is 32.0. The number of hydrogen-bond donors (Lipinski definition) is 2. The minimum atomic E-state index is -1.04. The van der Waals surface area contributed by atoms with Crippen molar-refractivity contribution >= 4 is 18.0 Å². The number of carbonyl (C=O) groups is 2. The first kappa shape index (κ1) is 14.4. The van der Waals surface area contributed by atoms with Crippen LogP contribution in [-0.4, -0.2) is 49.1 Å². The second-order valence-corrected chi connectivity index (χ2v) is 4.24. The zero-order valence-electron chi connectivity index (χ0n) is 11.2. The molecule has 0 saturated carbocycles. The molecule has 0 spiro atoms. The highest BCUT2D eigenvalue weighted by atomic mass is 16.4. The highest BCUT2D eigenvalue weighted by molar-refractivity contribution is 5.92. The monoisotopic (exact) mass is 287 g/mol. The van der Waals surface area contributed by atoms with Gasteiger partial charge in [-0.3, -0.25) is 14.9 Å². The fraction of sp³-hybridized carbons (Fsp3) is 0.154. The van der Waals surface area contributed by atoms with Crippen LogP contribution in [0.2, 0.25) is 0 Å². The van der Waals surface area contributed by atoms with Crippen LogP contribution >= 0.6 is 0 Å². The van der Waals surface area contributed by atoms with E-state index in [1.807, 2.05) is 0 Å². The van der Waals surface area contributed by atoms with E-state index in [4.69, 9.17) is 5.11 Å². The summed E-state index contributed by atoms with van der Waals surface area (Å²) in [5, 5.41) is 14.9. The number of aromatic amines is 1. The number of nitrogens with one attached hydrogen (secondary N) is 1. The summed E-state index contributed by atoms with van der Waals surface area (Å²) in [6.45, 7) is 0.293. The molecule has 0 aliphatic heterocycles. The Bertz CT molecular complexity index is 649. The average molecular weight is 287 g/mol. The van der Waals surface area contributed by atoms with Gasteiger partial charge in [-0.15, -0.1) is 0 Å². The van der Waals surface area contributed by atoms with Crippen molar-refractivity contribution in [2.75, 3.05) is 7.05 Å². The molecular formula is C13H13N5O3. The minimum Gasteiger partial charge on any atom is -0.478 e. The maximum atomic E-state index is 12.1. The van der Waals surface area contributed by atoms with Crippen molar-refractivity contribution in [3.8, 4) is 0 Å². The molecule has 0 unspecified atom stereocenters. The lowest BCUT2D eigenvalue weighted by Gasteiger charge is -2.14. The second kappa shape index (κ2) is 6.42. The zero-order valence-corrected chi connectivity index (χ0v) is 11.2. The third kappa shape index (κ3) is 3.96. The van der Waals surface area contributed by atoms with Crippen molar-refractivity contribution in [1.29, 1.82) is 0 Å². The van der Waals surface area contributed by atoms with Crippen LogP contribution < -0.4 is 0 Å². The van der Waals surface area contributed by atoms with E-state index in [9.17, 15) is 9.59 Å². The highest BCUT2D eigenvalue weighted by Crippen LogP contribution is 2.06. The summed E-state index contributed by atoms with van der Waals surface area (Å²) in [7, 11) is 1.63. The van der Waals surface area contributed by atoms with Crippen molar-refractivity contribution < 1.29 is 14.7 Å². The topological polar surface area (TPSA) is 112 Å². The molecule has 2 N–H and O–H groups in total. The maximum Gasteiger partial charge on any atom is 0.328 e. The van der Waals surface area contributed by atoms with Gasteiger partial charge >= 0.3 is 5.97 Å². The van der Waals surface area contributed by atoms with Crippen LogP contribution in [0.1, 0.15) is 21.9 Å². The lowest BCUT2D eigenvalue weighted by molar-refractivity contribution is -0.131. The molecule has 2 aromatic heterocycles. The van der Waals surface area contributed by atoms with Gasteiger partial charge in [-0.2, -0.15) is 5.10 Å². The van der Waals surface area contributed by atoms with Crippen molar-refractivity contribution in [3.63, 3.8) is 0 Å². The Hall–Kier alpha value is -3.03. The standard InChI is InChI=1S/C13H13N5O3/c1-18(7-11-15-8-16-17-11)13(21)10-4-2-9(6-14-10)3-5-12(19)20/h2-6,8H,7H2,1H3,(H,19,20)(H,15,16,17). The van der Waals surface area contributed by atoms with E-state index in [0.717, 1.165) is 6.08 Å². The molecule has 0 fully saturated rings. The highest BCUT2D eigenvalue weighted by Gasteiger charge is 2.14. The van der Waals surface area contributed by atoms with Gasteiger partial charge in [-0.25, -0.2) is 9.78 Å². The summed E-state index contributed by atoms with van der Waals surface area (Å²) in [5.41, 5.74) is 0.872. The predicted octanol–water partition coefficient (Wildman–Crippen LogP) is 0.570. The first-order valence-electron chi connectivity index (χ1n) is 6.03. The van der Waals surface area contributed by atoms with E-state index in [1.165, 1.54) is 23.5 Å². The number of carbonyl (C=O) groups excluding carboxylic acids is 1. The first-order chi connectivity index (χ1) is 10.1. The number of aromatic nitrogens is 4. The molecule has 2 heterocycles. The smallest absolute Gasteiger partial charge is 0.328 e. The number of carboxylic acids is 1. The Labute approximate surface area is 120 Å². The van der Waals surface area contributed by atoms with Crippen LogP contribution in [0, 0.1) is 0 Å². The number of nitrogens with zero attached hydrogens (tertiary/aromatic N) is 4. The molecule has 1 amide bonds. The number of rotatable bonds is 5. The molecule has 2 aromatic rings. The summed E-state index contributed by atoms with van der Waals surface area (Å²) >= 11 is 0. The molecule has 0 aliphatic rings. The first-order valence-corrected chi connectivity index (χ1v) is 6.03. The molecule has 0 aromatic carbocycles. The molecule has 0 saturated heterocycles. The third-order valence-electron chi connectivity index (χ3n) is 2.62. The second-order valence-electron chi connectivity index (χ2n) is 4.24. The Kier molecular flexibility index (Phi) is 4.39. The molecule has 108 valence electrons. The largest absolute Gasteiger partial charge is 0.478 e. The molecule has 2 rings (SSSR count). The molecule has 0 bridgehead atoms. The summed E-state index contributed by atoms with van der Waals surface area (Å²) in [5.74, 6) is -0.728. The van der Waals surface area contributed by atoms with Crippen LogP contribution in [0.4, 0.5) is 0 Å². The molecule has 8 heteroatoms. The Balaban J connectivity index is 2.03. The fourth-order valence-electron chi connectivity index (χ4n) is 1.60. The van der Waals surface area contributed by atoms with Crippen molar-refractivity contribution in [1.82, 2.24) is 25.1 Å². The molecular weight excluding hydrogens is 274 g/mol. The normalized spacial score (nSPS) is 10.7. The van der Waals surface area contributed by atoms with Crippen molar-refractivity contribution in [3.05, 3.63) is 47.8 Å². The van der Waals surface area contributed by atoms with Gasteiger partial charge in [0.25, 0.3) is 5.91 Å². The van der Waals surface area contributed by atoms with Gasteiger partial charge in [0.1, 0.15) is 17.8 Å². The number of aliphatic carboxylic acids is 1. The van der Waals surface area contributed by atoms with E-state index in [-0.39, 0.29) is 11.6 Å². The molecule has 8 nitrogen and oxygen atoms in total.